The van der Waals surface area contributed by atoms with E-state index in [2.05, 4.69) is 5.32 Å². The second-order valence-corrected chi connectivity index (χ2v) is 5.28. The molecule has 0 aliphatic rings. The minimum atomic E-state index is 0.332. The van der Waals surface area contributed by atoms with Crippen molar-refractivity contribution in [3.05, 3.63) is 63.6 Å². The Bertz CT molecular complexity index is 614. The molecule has 5 heteroatoms. The van der Waals surface area contributed by atoms with Gasteiger partial charge in [0, 0.05) is 27.8 Å². The van der Waals surface area contributed by atoms with E-state index in [0.717, 1.165) is 16.8 Å². The molecule has 0 spiro atoms. The third-order valence-corrected chi connectivity index (χ3v) is 3.50. The van der Waals surface area contributed by atoms with Crippen LogP contribution in [0.25, 0.3) is 0 Å². The lowest BCUT2D eigenvalue weighted by molar-refractivity contribution is 1.15. The first-order valence-corrected chi connectivity index (χ1v) is 6.81. The number of halogens is 2. The van der Waals surface area contributed by atoms with E-state index in [-0.39, 0.29) is 0 Å². The highest BCUT2D eigenvalue weighted by molar-refractivity contribution is 7.80. The van der Waals surface area contributed by atoms with Gasteiger partial charge in [-0.1, -0.05) is 53.6 Å². The zero-order chi connectivity index (χ0) is 13.8. The van der Waals surface area contributed by atoms with Gasteiger partial charge in [-0.25, -0.2) is 0 Å². The summed E-state index contributed by atoms with van der Waals surface area (Å²) in [5.74, 6) is 0. The molecule has 19 heavy (non-hydrogen) atoms. The highest BCUT2D eigenvalue weighted by atomic mass is 35.5. The van der Waals surface area contributed by atoms with E-state index >= 15 is 0 Å². The SMILES string of the molecule is NC(=S)c1ccc(Cl)cc1NCc1ccccc1Cl. The van der Waals surface area contributed by atoms with Crippen LogP contribution in [0.5, 0.6) is 0 Å². The van der Waals surface area contributed by atoms with Gasteiger partial charge < -0.3 is 11.1 Å². The van der Waals surface area contributed by atoms with Gasteiger partial charge in [0.2, 0.25) is 0 Å². The lowest BCUT2D eigenvalue weighted by Gasteiger charge is -2.12. The van der Waals surface area contributed by atoms with E-state index in [9.17, 15) is 0 Å². The second-order valence-electron chi connectivity index (χ2n) is 4.00. The van der Waals surface area contributed by atoms with E-state index < -0.39 is 0 Å². The quantitative estimate of drug-likeness (QED) is 0.830. The standard InChI is InChI=1S/C14H12Cl2N2S/c15-10-5-6-11(14(17)19)13(7-10)18-8-9-3-1-2-4-12(9)16/h1-7,18H,8H2,(H2,17,19). The molecule has 2 aromatic carbocycles. The average molecular weight is 311 g/mol. The smallest absolute Gasteiger partial charge is 0.106 e. The van der Waals surface area contributed by atoms with Gasteiger partial charge in [-0.05, 0) is 29.8 Å². The Labute approximate surface area is 127 Å². The van der Waals surface area contributed by atoms with E-state index in [1.54, 1.807) is 18.2 Å². The first kappa shape index (κ1) is 14.1. The largest absolute Gasteiger partial charge is 0.389 e. The summed E-state index contributed by atoms with van der Waals surface area (Å²) < 4.78 is 0. The topological polar surface area (TPSA) is 38.0 Å². The van der Waals surface area contributed by atoms with Crippen molar-refractivity contribution in [2.45, 2.75) is 6.54 Å². The summed E-state index contributed by atoms with van der Waals surface area (Å²) in [6, 6.07) is 13.0. The molecule has 0 saturated heterocycles. The molecule has 98 valence electrons. The van der Waals surface area contributed by atoms with Crippen LogP contribution in [0.3, 0.4) is 0 Å². The number of nitrogens with one attached hydrogen (secondary N) is 1. The summed E-state index contributed by atoms with van der Waals surface area (Å²) in [7, 11) is 0. The van der Waals surface area contributed by atoms with Crippen LogP contribution in [-0.2, 0) is 6.54 Å². The molecule has 0 amide bonds. The first-order valence-electron chi connectivity index (χ1n) is 5.64. The van der Waals surface area contributed by atoms with Crippen LogP contribution in [0.4, 0.5) is 5.69 Å². The number of nitrogens with two attached hydrogens (primary N) is 1. The van der Waals surface area contributed by atoms with Crippen LogP contribution >= 0.6 is 35.4 Å². The Morgan fingerprint density at radius 2 is 1.89 bits per heavy atom. The predicted molar refractivity (Wildman–Crippen MR) is 86.1 cm³/mol. The number of benzene rings is 2. The minimum absolute atomic E-state index is 0.332. The lowest BCUT2D eigenvalue weighted by Crippen LogP contribution is -2.13. The maximum Gasteiger partial charge on any atom is 0.106 e. The van der Waals surface area contributed by atoms with Crippen LogP contribution < -0.4 is 11.1 Å². The molecule has 0 heterocycles. The van der Waals surface area contributed by atoms with E-state index in [4.69, 9.17) is 41.2 Å². The highest BCUT2D eigenvalue weighted by Crippen LogP contribution is 2.23. The molecule has 0 unspecified atom stereocenters. The fourth-order valence-electron chi connectivity index (χ4n) is 1.71. The van der Waals surface area contributed by atoms with Crippen LogP contribution in [0.1, 0.15) is 11.1 Å². The Morgan fingerprint density at radius 1 is 1.16 bits per heavy atom. The molecule has 0 aromatic heterocycles. The number of rotatable bonds is 4. The Hall–Kier alpha value is -1.29. The molecule has 0 atom stereocenters. The van der Waals surface area contributed by atoms with Gasteiger partial charge in [-0.2, -0.15) is 0 Å². The zero-order valence-corrected chi connectivity index (χ0v) is 12.3. The molecule has 0 radical (unpaired) electrons. The van der Waals surface area contributed by atoms with Gasteiger partial charge in [0.1, 0.15) is 4.99 Å². The van der Waals surface area contributed by atoms with Crippen molar-refractivity contribution in [3.63, 3.8) is 0 Å². The molecule has 2 aromatic rings. The molecule has 0 saturated carbocycles. The van der Waals surface area contributed by atoms with Crippen LogP contribution in [0, 0.1) is 0 Å². The maximum absolute atomic E-state index is 6.11. The van der Waals surface area contributed by atoms with E-state index in [0.29, 0.717) is 21.6 Å². The Morgan fingerprint density at radius 3 is 2.58 bits per heavy atom. The van der Waals surface area contributed by atoms with E-state index in [1.807, 2.05) is 24.3 Å². The summed E-state index contributed by atoms with van der Waals surface area (Å²) in [6.07, 6.45) is 0. The molecule has 0 aliphatic carbocycles. The summed E-state index contributed by atoms with van der Waals surface area (Å²) in [4.78, 5) is 0.332. The van der Waals surface area contributed by atoms with Gasteiger partial charge in [0.25, 0.3) is 0 Å². The number of hydrogen-bond acceptors (Lipinski definition) is 2. The molecule has 0 bridgehead atoms. The Kier molecular flexibility index (Phi) is 4.64. The summed E-state index contributed by atoms with van der Waals surface area (Å²) in [6.45, 7) is 0.579. The maximum atomic E-state index is 6.11. The number of thiocarbonyl (C=S) groups is 1. The lowest BCUT2D eigenvalue weighted by atomic mass is 10.1. The third-order valence-electron chi connectivity index (χ3n) is 2.67. The Balaban J connectivity index is 2.22. The molecular weight excluding hydrogens is 299 g/mol. The molecule has 2 rings (SSSR count). The molecule has 2 nitrogen and oxygen atoms in total. The summed E-state index contributed by atoms with van der Waals surface area (Å²) >= 11 is 17.1. The van der Waals surface area contributed by atoms with E-state index in [1.165, 1.54) is 0 Å². The normalized spacial score (nSPS) is 10.2. The van der Waals surface area contributed by atoms with Crippen molar-refractivity contribution >= 4 is 46.1 Å². The van der Waals surface area contributed by atoms with Crippen molar-refractivity contribution in [1.82, 2.24) is 0 Å². The van der Waals surface area contributed by atoms with Crippen molar-refractivity contribution < 1.29 is 0 Å². The van der Waals surface area contributed by atoms with Gasteiger partial charge in [0.05, 0.1) is 0 Å². The van der Waals surface area contributed by atoms with Gasteiger partial charge in [-0.15, -0.1) is 0 Å². The van der Waals surface area contributed by atoms with Gasteiger partial charge in [-0.3, -0.25) is 0 Å². The van der Waals surface area contributed by atoms with Crippen LogP contribution in [-0.4, -0.2) is 4.99 Å². The van der Waals surface area contributed by atoms with Crippen LogP contribution in [0.2, 0.25) is 10.0 Å². The zero-order valence-electron chi connectivity index (χ0n) is 9.99. The third kappa shape index (κ3) is 3.60. The summed E-state index contributed by atoms with van der Waals surface area (Å²) in [5, 5.41) is 4.60. The van der Waals surface area contributed by atoms with Crippen molar-refractivity contribution in [2.75, 3.05) is 5.32 Å². The molecular formula is C14H12Cl2N2S. The summed E-state index contributed by atoms with van der Waals surface area (Å²) in [5.41, 5.74) is 8.26. The van der Waals surface area contributed by atoms with Gasteiger partial charge >= 0.3 is 0 Å². The first-order chi connectivity index (χ1) is 9.08. The molecule has 0 aliphatic heterocycles. The number of hydrogen-bond donors (Lipinski definition) is 2. The second kappa shape index (κ2) is 6.24. The van der Waals surface area contributed by atoms with Crippen molar-refractivity contribution in [2.24, 2.45) is 5.73 Å². The monoisotopic (exact) mass is 310 g/mol. The fraction of sp³-hybridized carbons (Fsp3) is 0.0714. The predicted octanol–water partition coefficient (Wildman–Crippen LogP) is 4.24. The molecule has 3 N–H and O–H groups in total. The average Bonchev–Trinajstić information content (AvgIpc) is 2.37. The number of anilines is 1. The minimum Gasteiger partial charge on any atom is -0.389 e. The molecule has 0 fully saturated rings. The van der Waals surface area contributed by atoms with Crippen molar-refractivity contribution in [3.8, 4) is 0 Å². The van der Waals surface area contributed by atoms with Crippen molar-refractivity contribution in [1.29, 1.82) is 0 Å². The fourth-order valence-corrected chi connectivity index (χ4v) is 2.26. The van der Waals surface area contributed by atoms with Crippen LogP contribution in [0.15, 0.2) is 42.5 Å². The highest BCUT2D eigenvalue weighted by Gasteiger charge is 2.06. The van der Waals surface area contributed by atoms with Gasteiger partial charge in [0.15, 0.2) is 0 Å².